The van der Waals surface area contributed by atoms with Crippen molar-refractivity contribution in [3.05, 3.63) is 11.6 Å². The summed E-state index contributed by atoms with van der Waals surface area (Å²) in [6, 6.07) is 0. The number of esters is 1. The Morgan fingerprint density at radius 3 is 2.23 bits per heavy atom. The van der Waals surface area contributed by atoms with E-state index in [-0.39, 0.29) is 12.1 Å². The van der Waals surface area contributed by atoms with E-state index in [1.165, 1.54) is 70.6 Å². The predicted molar refractivity (Wildman–Crippen MR) is 93.9 cm³/mol. The van der Waals surface area contributed by atoms with E-state index in [0.29, 0.717) is 0 Å². The Bertz CT molecular complexity index is 312. The first kappa shape index (κ1) is 19.3. The molecule has 0 saturated heterocycles. The van der Waals surface area contributed by atoms with Crippen molar-refractivity contribution in [1.29, 1.82) is 0 Å². The molecular formula is C20H36O2. The van der Waals surface area contributed by atoms with Gasteiger partial charge in [0.1, 0.15) is 6.10 Å². The van der Waals surface area contributed by atoms with Crippen molar-refractivity contribution in [3.8, 4) is 0 Å². The van der Waals surface area contributed by atoms with Crippen molar-refractivity contribution in [2.75, 3.05) is 0 Å². The van der Waals surface area contributed by atoms with Gasteiger partial charge < -0.3 is 4.74 Å². The molecule has 1 rings (SSSR count). The van der Waals surface area contributed by atoms with Gasteiger partial charge in [-0.2, -0.15) is 0 Å². The average molecular weight is 309 g/mol. The lowest BCUT2D eigenvalue weighted by molar-refractivity contribution is -0.145. The van der Waals surface area contributed by atoms with Crippen molar-refractivity contribution in [3.63, 3.8) is 0 Å². The third-order valence-corrected chi connectivity index (χ3v) is 4.66. The highest BCUT2D eigenvalue weighted by atomic mass is 16.5. The fourth-order valence-electron chi connectivity index (χ4n) is 3.11. The number of allylic oxidation sites excluding steroid dienone is 1. The molecule has 2 nitrogen and oxygen atoms in total. The highest BCUT2D eigenvalue weighted by Gasteiger charge is 2.16. The first-order valence-electron chi connectivity index (χ1n) is 9.61. The van der Waals surface area contributed by atoms with Crippen molar-refractivity contribution < 1.29 is 9.53 Å². The van der Waals surface area contributed by atoms with Crippen LogP contribution >= 0.6 is 0 Å². The van der Waals surface area contributed by atoms with Crippen LogP contribution in [0.3, 0.4) is 0 Å². The SMILES string of the molecule is CCCCCCCC/C=C(\C)C(=O)OC1CCCCCCC1. The summed E-state index contributed by atoms with van der Waals surface area (Å²) < 4.78 is 5.69. The Labute approximate surface area is 137 Å². The maximum Gasteiger partial charge on any atom is 0.333 e. The smallest absolute Gasteiger partial charge is 0.333 e. The Kier molecular flexibility index (Phi) is 11.1. The van der Waals surface area contributed by atoms with E-state index in [0.717, 1.165) is 24.8 Å². The van der Waals surface area contributed by atoms with Gasteiger partial charge in [-0.1, -0.05) is 64.4 Å². The Balaban J connectivity index is 2.17. The Morgan fingerprint density at radius 1 is 0.955 bits per heavy atom. The van der Waals surface area contributed by atoms with Gasteiger partial charge in [0.05, 0.1) is 0 Å². The number of hydrogen-bond donors (Lipinski definition) is 0. The zero-order valence-electron chi connectivity index (χ0n) is 14.9. The lowest BCUT2D eigenvalue weighted by atomic mass is 9.98. The summed E-state index contributed by atoms with van der Waals surface area (Å²) >= 11 is 0. The fraction of sp³-hybridized carbons (Fsp3) is 0.850. The molecule has 0 atom stereocenters. The Morgan fingerprint density at radius 2 is 1.55 bits per heavy atom. The molecule has 0 N–H and O–H groups in total. The van der Waals surface area contributed by atoms with Crippen LogP contribution in [-0.4, -0.2) is 12.1 Å². The summed E-state index contributed by atoms with van der Waals surface area (Å²) in [4.78, 5) is 12.1. The van der Waals surface area contributed by atoms with Crippen LogP contribution in [0.2, 0.25) is 0 Å². The summed E-state index contributed by atoms with van der Waals surface area (Å²) in [5.74, 6) is -0.0865. The molecule has 0 heterocycles. The molecule has 128 valence electrons. The molecule has 1 aliphatic carbocycles. The molecule has 0 aromatic rings. The molecule has 0 aliphatic heterocycles. The first-order valence-corrected chi connectivity index (χ1v) is 9.61. The molecule has 0 radical (unpaired) electrons. The molecular weight excluding hydrogens is 272 g/mol. The van der Waals surface area contributed by atoms with Crippen molar-refractivity contribution in [1.82, 2.24) is 0 Å². The maximum atomic E-state index is 12.1. The van der Waals surface area contributed by atoms with Crippen LogP contribution < -0.4 is 0 Å². The number of ether oxygens (including phenoxy) is 1. The minimum Gasteiger partial charge on any atom is -0.459 e. The number of unbranched alkanes of at least 4 members (excludes halogenated alkanes) is 6. The zero-order valence-corrected chi connectivity index (χ0v) is 14.9. The van der Waals surface area contributed by atoms with Crippen LogP contribution in [0.25, 0.3) is 0 Å². The monoisotopic (exact) mass is 308 g/mol. The zero-order chi connectivity index (χ0) is 16.0. The molecule has 2 heteroatoms. The van der Waals surface area contributed by atoms with Crippen LogP contribution in [0, 0.1) is 0 Å². The lowest BCUT2D eigenvalue weighted by Crippen LogP contribution is -2.19. The minimum absolute atomic E-state index is 0.0865. The van der Waals surface area contributed by atoms with E-state index >= 15 is 0 Å². The molecule has 1 aliphatic rings. The van der Waals surface area contributed by atoms with E-state index in [2.05, 4.69) is 13.0 Å². The quantitative estimate of drug-likeness (QED) is 0.282. The van der Waals surface area contributed by atoms with Gasteiger partial charge in [0.25, 0.3) is 0 Å². The van der Waals surface area contributed by atoms with Crippen LogP contribution in [0.1, 0.15) is 104 Å². The largest absolute Gasteiger partial charge is 0.459 e. The van der Waals surface area contributed by atoms with Crippen molar-refractivity contribution in [2.45, 2.75) is 110 Å². The minimum atomic E-state index is -0.0865. The van der Waals surface area contributed by atoms with Crippen LogP contribution in [0.5, 0.6) is 0 Å². The van der Waals surface area contributed by atoms with Gasteiger partial charge in [-0.05, 0) is 45.4 Å². The molecule has 0 amide bonds. The molecule has 0 aromatic carbocycles. The number of rotatable bonds is 9. The van der Waals surface area contributed by atoms with E-state index in [4.69, 9.17) is 4.74 Å². The Hall–Kier alpha value is -0.790. The van der Waals surface area contributed by atoms with Gasteiger partial charge in [0, 0.05) is 5.57 Å². The second-order valence-corrected chi connectivity index (χ2v) is 6.82. The van der Waals surface area contributed by atoms with E-state index in [1.807, 2.05) is 6.92 Å². The van der Waals surface area contributed by atoms with Gasteiger partial charge >= 0.3 is 5.97 Å². The standard InChI is InChI=1S/C20H36O2/c1-3-4-5-6-7-9-12-15-18(2)20(21)22-19-16-13-10-8-11-14-17-19/h15,19H,3-14,16-17H2,1-2H3/b18-15+. The van der Waals surface area contributed by atoms with Gasteiger partial charge in [-0.25, -0.2) is 4.79 Å². The average Bonchev–Trinajstić information content (AvgIpc) is 2.48. The molecule has 1 fully saturated rings. The van der Waals surface area contributed by atoms with Gasteiger partial charge in [-0.15, -0.1) is 0 Å². The molecule has 22 heavy (non-hydrogen) atoms. The molecule has 0 spiro atoms. The van der Waals surface area contributed by atoms with Crippen LogP contribution in [0.15, 0.2) is 11.6 Å². The summed E-state index contributed by atoms with van der Waals surface area (Å²) in [5.41, 5.74) is 0.801. The maximum absolute atomic E-state index is 12.1. The summed E-state index contributed by atoms with van der Waals surface area (Å²) in [6.45, 7) is 4.15. The highest BCUT2D eigenvalue weighted by Crippen LogP contribution is 2.20. The topological polar surface area (TPSA) is 26.3 Å². The highest BCUT2D eigenvalue weighted by molar-refractivity contribution is 5.87. The number of hydrogen-bond acceptors (Lipinski definition) is 2. The lowest BCUT2D eigenvalue weighted by Gasteiger charge is -2.20. The summed E-state index contributed by atoms with van der Waals surface area (Å²) in [6.07, 6.45) is 19.5. The number of carbonyl (C=O) groups is 1. The normalized spacial score (nSPS) is 17.8. The van der Waals surface area contributed by atoms with E-state index in [1.54, 1.807) is 0 Å². The summed E-state index contributed by atoms with van der Waals surface area (Å²) in [5, 5.41) is 0. The van der Waals surface area contributed by atoms with Crippen molar-refractivity contribution in [2.24, 2.45) is 0 Å². The second kappa shape index (κ2) is 12.7. The van der Waals surface area contributed by atoms with Crippen molar-refractivity contribution >= 4 is 5.97 Å². The third kappa shape index (κ3) is 9.27. The molecule has 0 aromatic heterocycles. The second-order valence-electron chi connectivity index (χ2n) is 6.82. The predicted octanol–water partition coefficient (Wildman–Crippen LogP) is 6.34. The first-order chi connectivity index (χ1) is 10.7. The van der Waals surface area contributed by atoms with Gasteiger partial charge in [0.2, 0.25) is 0 Å². The fourth-order valence-corrected chi connectivity index (χ4v) is 3.11. The molecule has 0 unspecified atom stereocenters. The summed E-state index contributed by atoms with van der Waals surface area (Å²) in [7, 11) is 0. The van der Waals surface area contributed by atoms with Gasteiger partial charge in [0.15, 0.2) is 0 Å². The van der Waals surface area contributed by atoms with E-state index in [9.17, 15) is 4.79 Å². The number of carbonyl (C=O) groups excluding carboxylic acids is 1. The molecule has 1 saturated carbocycles. The molecule has 0 bridgehead atoms. The van der Waals surface area contributed by atoms with Crippen LogP contribution in [0.4, 0.5) is 0 Å². The third-order valence-electron chi connectivity index (χ3n) is 4.66. The van der Waals surface area contributed by atoms with Gasteiger partial charge in [-0.3, -0.25) is 0 Å². The van der Waals surface area contributed by atoms with E-state index < -0.39 is 0 Å². The van der Waals surface area contributed by atoms with Crippen LogP contribution in [-0.2, 0) is 9.53 Å².